The van der Waals surface area contributed by atoms with Crippen LogP contribution in [0.15, 0.2) is 24.3 Å². The predicted octanol–water partition coefficient (Wildman–Crippen LogP) is 3.06. The fourth-order valence-electron chi connectivity index (χ4n) is 2.78. The maximum Gasteiger partial charge on any atom is 0.254 e. The zero-order valence-corrected chi connectivity index (χ0v) is 14.2. The second kappa shape index (κ2) is 8.11. The van der Waals surface area contributed by atoms with Crippen LogP contribution in [0.4, 0.5) is 5.69 Å². The van der Waals surface area contributed by atoms with Gasteiger partial charge in [0.2, 0.25) is 5.91 Å². The van der Waals surface area contributed by atoms with Gasteiger partial charge in [0.1, 0.15) is 0 Å². The van der Waals surface area contributed by atoms with Gasteiger partial charge in [0, 0.05) is 30.8 Å². The molecule has 1 aromatic carbocycles. The van der Waals surface area contributed by atoms with Crippen molar-refractivity contribution in [1.29, 1.82) is 0 Å². The highest BCUT2D eigenvalue weighted by Crippen LogP contribution is 2.16. The van der Waals surface area contributed by atoms with Gasteiger partial charge < -0.3 is 15.0 Å². The number of benzene rings is 1. The minimum Gasteiger partial charge on any atom is -0.372 e. The van der Waals surface area contributed by atoms with Crippen molar-refractivity contribution in [2.75, 3.05) is 18.4 Å². The van der Waals surface area contributed by atoms with Crippen molar-refractivity contribution in [3.05, 3.63) is 29.8 Å². The van der Waals surface area contributed by atoms with Gasteiger partial charge in [-0.05, 0) is 44.5 Å². The van der Waals surface area contributed by atoms with Gasteiger partial charge in [0.15, 0.2) is 0 Å². The first-order chi connectivity index (χ1) is 11.0. The Morgan fingerprint density at radius 1 is 1.17 bits per heavy atom. The second-order valence-corrected chi connectivity index (χ2v) is 6.20. The van der Waals surface area contributed by atoms with Gasteiger partial charge in [-0.1, -0.05) is 13.3 Å². The number of anilines is 1. The molecule has 0 spiro atoms. The normalized spacial score (nSPS) is 21.1. The SMILES string of the molecule is CCCCC(=O)Nc1ccc(C(=O)N2CC(C)OC(C)C2)cc1. The van der Waals surface area contributed by atoms with Crippen LogP contribution in [0.3, 0.4) is 0 Å². The number of amides is 2. The van der Waals surface area contributed by atoms with E-state index in [0.717, 1.165) is 18.5 Å². The summed E-state index contributed by atoms with van der Waals surface area (Å²) in [5, 5.41) is 2.85. The lowest BCUT2D eigenvalue weighted by molar-refractivity contribution is -0.116. The minimum atomic E-state index is 0.0101. The number of nitrogens with one attached hydrogen (secondary N) is 1. The number of unbranched alkanes of at least 4 members (excludes halogenated alkanes) is 1. The Labute approximate surface area is 138 Å². The summed E-state index contributed by atoms with van der Waals surface area (Å²) in [5.74, 6) is 0.0256. The largest absolute Gasteiger partial charge is 0.372 e. The van der Waals surface area contributed by atoms with Crippen LogP contribution in [0.1, 0.15) is 50.4 Å². The summed E-state index contributed by atoms with van der Waals surface area (Å²) >= 11 is 0. The number of hydrogen-bond acceptors (Lipinski definition) is 3. The molecule has 23 heavy (non-hydrogen) atoms. The molecule has 1 N–H and O–H groups in total. The van der Waals surface area contributed by atoms with Gasteiger partial charge in [-0.2, -0.15) is 0 Å². The fraction of sp³-hybridized carbons (Fsp3) is 0.556. The van der Waals surface area contributed by atoms with Crippen molar-refractivity contribution in [1.82, 2.24) is 4.90 Å². The van der Waals surface area contributed by atoms with Gasteiger partial charge in [0.25, 0.3) is 5.91 Å². The second-order valence-electron chi connectivity index (χ2n) is 6.20. The Balaban J connectivity index is 1.96. The molecule has 2 unspecified atom stereocenters. The molecule has 1 heterocycles. The number of ether oxygens (including phenoxy) is 1. The molecule has 0 saturated carbocycles. The number of rotatable bonds is 5. The lowest BCUT2D eigenvalue weighted by Gasteiger charge is -2.35. The Hall–Kier alpha value is -1.88. The van der Waals surface area contributed by atoms with Crippen molar-refractivity contribution in [3.63, 3.8) is 0 Å². The highest BCUT2D eigenvalue weighted by molar-refractivity contribution is 5.95. The van der Waals surface area contributed by atoms with E-state index >= 15 is 0 Å². The average molecular weight is 318 g/mol. The van der Waals surface area contributed by atoms with Gasteiger partial charge in [0.05, 0.1) is 12.2 Å². The van der Waals surface area contributed by atoms with E-state index in [9.17, 15) is 9.59 Å². The van der Waals surface area contributed by atoms with Crippen LogP contribution < -0.4 is 5.32 Å². The van der Waals surface area contributed by atoms with Crippen LogP contribution in [0.2, 0.25) is 0 Å². The fourth-order valence-corrected chi connectivity index (χ4v) is 2.78. The molecule has 0 aromatic heterocycles. The topological polar surface area (TPSA) is 58.6 Å². The molecule has 1 aliphatic rings. The monoisotopic (exact) mass is 318 g/mol. The lowest BCUT2D eigenvalue weighted by Crippen LogP contribution is -2.48. The van der Waals surface area contributed by atoms with Crippen molar-refractivity contribution in [2.24, 2.45) is 0 Å². The highest BCUT2D eigenvalue weighted by Gasteiger charge is 2.26. The van der Waals surface area contributed by atoms with Crippen LogP contribution in [-0.2, 0) is 9.53 Å². The van der Waals surface area contributed by atoms with Gasteiger partial charge in [-0.15, -0.1) is 0 Å². The molecule has 1 saturated heterocycles. The Bertz CT molecular complexity index is 532. The Morgan fingerprint density at radius 3 is 2.35 bits per heavy atom. The predicted molar refractivity (Wildman–Crippen MR) is 90.5 cm³/mol. The summed E-state index contributed by atoms with van der Waals surface area (Å²) in [4.78, 5) is 26.1. The maximum atomic E-state index is 12.5. The third-order valence-corrected chi connectivity index (χ3v) is 3.88. The smallest absolute Gasteiger partial charge is 0.254 e. The molecule has 2 rings (SSSR count). The van der Waals surface area contributed by atoms with Gasteiger partial charge in [-0.25, -0.2) is 0 Å². The summed E-state index contributed by atoms with van der Waals surface area (Å²) in [6, 6.07) is 7.10. The summed E-state index contributed by atoms with van der Waals surface area (Å²) in [5.41, 5.74) is 1.37. The van der Waals surface area contributed by atoms with E-state index in [-0.39, 0.29) is 24.0 Å². The zero-order chi connectivity index (χ0) is 16.8. The number of nitrogens with zero attached hydrogens (tertiary/aromatic N) is 1. The molecule has 1 fully saturated rings. The van der Waals surface area contributed by atoms with Crippen LogP contribution in [0.25, 0.3) is 0 Å². The van der Waals surface area contributed by atoms with Gasteiger partial charge in [-0.3, -0.25) is 9.59 Å². The van der Waals surface area contributed by atoms with Crippen molar-refractivity contribution >= 4 is 17.5 Å². The number of carbonyl (C=O) groups excluding carboxylic acids is 2. The van der Waals surface area contributed by atoms with Crippen molar-refractivity contribution in [3.8, 4) is 0 Å². The minimum absolute atomic E-state index is 0.0101. The number of carbonyl (C=O) groups is 2. The summed E-state index contributed by atoms with van der Waals surface area (Å²) in [6.07, 6.45) is 2.52. The molecule has 0 aliphatic carbocycles. The Morgan fingerprint density at radius 2 is 1.78 bits per heavy atom. The first-order valence-corrected chi connectivity index (χ1v) is 8.34. The maximum absolute atomic E-state index is 12.5. The van der Waals surface area contributed by atoms with E-state index in [1.807, 2.05) is 18.7 Å². The summed E-state index contributed by atoms with van der Waals surface area (Å²) < 4.78 is 5.66. The third-order valence-electron chi connectivity index (χ3n) is 3.88. The molecule has 0 bridgehead atoms. The number of hydrogen-bond donors (Lipinski definition) is 1. The molecule has 5 nitrogen and oxygen atoms in total. The van der Waals surface area contributed by atoms with Crippen LogP contribution in [0.5, 0.6) is 0 Å². The molecule has 2 amide bonds. The van der Waals surface area contributed by atoms with E-state index < -0.39 is 0 Å². The Kier molecular flexibility index (Phi) is 6.16. The van der Waals surface area contributed by atoms with E-state index in [0.29, 0.717) is 25.1 Å². The first kappa shape index (κ1) is 17.5. The third kappa shape index (κ3) is 5.06. The standard InChI is InChI=1S/C18H26N2O3/c1-4-5-6-17(21)19-16-9-7-15(8-10-16)18(22)20-11-13(2)23-14(3)12-20/h7-10,13-14H,4-6,11-12H2,1-3H3,(H,19,21). The quantitative estimate of drug-likeness (QED) is 0.907. The van der Waals surface area contributed by atoms with Gasteiger partial charge >= 0.3 is 0 Å². The first-order valence-electron chi connectivity index (χ1n) is 8.34. The molecule has 126 valence electrons. The van der Waals surface area contributed by atoms with E-state index in [4.69, 9.17) is 4.74 Å². The average Bonchev–Trinajstić information content (AvgIpc) is 2.52. The number of morpholine rings is 1. The van der Waals surface area contributed by atoms with E-state index in [1.165, 1.54) is 0 Å². The van der Waals surface area contributed by atoms with Crippen molar-refractivity contribution < 1.29 is 14.3 Å². The molecule has 1 aliphatic heterocycles. The van der Waals surface area contributed by atoms with E-state index in [1.54, 1.807) is 24.3 Å². The molecular weight excluding hydrogens is 292 g/mol. The lowest BCUT2D eigenvalue weighted by atomic mass is 10.1. The summed E-state index contributed by atoms with van der Waals surface area (Å²) in [7, 11) is 0. The summed E-state index contributed by atoms with van der Waals surface area (Å²) in [6.45, 7) is 7.23. The van der Waals surface area contributed by atoms with Crippen LogP contribution >= 0.6 is 0 Å². The van der Waals surface area contributed by atoms with Crippen LogP contribution in [-0.4, -0.2) is 42.0 Å². The molecule has 5 heteroatoms. The van der Waals surface area contributed by atoms with Crippen LogP contribution in [0, 0.1) is 0 Å². The molecular formula is C18H26N2O3. The highest BCUT2D eigenvalue weighted by atomic mass is 16.5. The molecule has 1 aromatic rings. The van der Waals surface area contributed by atoms with E-state index in [2.05, 4.69) is 12.2 Å². The zero-order valence-electron chi connectivity index (χ0n) is 14.2. The van der Waals surface area contributed by atoms with Crippen molar-refractivity contribution in [2.45, 2.75) is 52.2 Å². The molecule has 2 atom stereocenters. The molecule has 0 radical (unpaired) electrons.